The molecule has 2 heterocycles. The van der Waals surface area contributed by atoms with Gasteiger partial charge in [0, 0.05) is 12.8 Å². The molecule has 1 aromatic rings. The number of hydrogen-bond donors (Lipinski definition) is 2. The summed E-state index contributed by atoms with van der Waals surface area (Å²) in [4.78, 5) is 15.8. The maximum atomic E-state index is 11.8. The van der Waals surface area contributed by atoms with Gasteiger partial charge in [-0.1, -0.05) is 0 Å². The number of carbonyl (C=O) groups is 1. The van der Waals surface area contributed by atoms with Gasteiger partial charge in [0.15, 0.2) is 11.6 Å². The summed E-state index contributed by atoms with van der Waals surface area (Å²) < 4.78 is 10.4. The molecule has 0 spiro atoms. The van der Waals surface area contributed by atoms with Crippen LogP contribution < -0.4 is 15.4 Å². The van der Waals surface area contributed by atoms with Gasteiger partial charge in [-0.15, -0.1) is 0 Å². The Labute approximate surface area is 106 Å². The molecule has 6 heteroatoms. The van der Waals surface area contributed by atoms with Crippen molar-refractivity contribution >= 4 is 11.8 Å². The fourth-order valence-corrected chi connectivity index (χ4v) is 1.83. The fourth-order valence-electron chi connectivity index (χ4n) is 1.83. The number of carbonyl (C=O) groups excluding carboxylic acids is 1. The van der Waals surface area contributed by atoms with Gasteiger partial charge in [-0.25, -0.2) is 9.78 Å². The highest BCUT2D eigenvalue weighted by atomic mass is 16.5. The largest absolute Gasteiger partial charge is 0.493 e. The van der Waals surface area contributed by atoms with Crippen molar-refractivity contribution in [1.82, 2.24) is 10.3 Å². The van der Waals surface area contributed by atoms with Gasteiger partial charge in [-0.3, -0.25) is 5.32 Å². The third kappa shape index (κ3) is 3.33. The molecule has 2 rings (SSSR count). The topological polar surface area (TPSA) is 72.5 Å². The Kier molecular flexibility index (Phi) is 4.35. The van der Waals surface area contributed by atoms with Crippen LogP contribution in [0.25, 0.3) is 0 Å². The molecule has 6 nitrogen and oxygen atoms in total. The predicted molar refractivity (Wildman–Crippen MR) is 66.8 cm³/mol. The Morgan fingerprint density at radius 1 is 1.61 bits per heavy atom. The average molecular weight is 251 g/mol. The van der Waals surface area contributed by atoms with Crippen molar-refractivity contribution in [2.75, 3.05) is 25.6 Å². The number of hydrogen-bond acceptors (Lipinski definition) is 4. The zero-order valence-electron chi connectivity index (χ0n) is 10.3. The number of amides is 2. The average Bonchev–Trinajstić information content (AvgIpc) is 2.40. The SMILES string of the molecule is COc1cccnc1NC(=O)NC1CCCOC1. The van der Waals surface area contributed by atoms with Crippen LogP contribution >= 0.6 is 0 Å². The van der Waals surface area contributed by atoms with Crippen molar-refractivity contribution in [2.24, 2.45) is 0 Å². The first-order valence-electron chi connectivity index (χ1n) is 5.94. The molecule has 0 saturated carbocycles. The lowest BCUT2D eigenvalue weighted by molar-refractivity contribution is 0.0739. The van der Waals surface area contributed by atoms with Crippen molar-refractivity contribution in [3.63, 3.8) is 0 Å². The maximum absolute atomic E-state index is 11.8. The number of nitrogens with one attached hydrogen (secondary N) is 2. The first-order chi connectivity index (χ1) is 8.79. The Hall–Kier alpha value is -1.82. The standard InChI is InChI=1S/C12H17N3O3/c1-17-10-5-2-6-13-11(10)15-12(16)14-9-4-3-7-18-8-9/h2,5-6,9H,3-4,7-8H2,1H3,(H2,13,14,15,16). The molecule has 1 saturated heterocycles. The summed E-state index contributed by atoms with van der Waals surface area (Å²) in [7, 11) is 1.54. The van der Waals surface area contributed by atoms with Gasteiger partial charge in [-0.2, -0.15) is 0 Å². The zero-order chi connectivity index (χ0) is 12.8. The van der Waals surface area contributed by atoms with Gasteiger partial charge in [-0.05, 0) is 25.0 Å². The molecule has 1 unspecified atom stereocenters. The Bertz CT molecular complexity index is 405. The van der Waals surface area contributed by atoms with Crippen LogP contribution in [-0.4, -0.2) is 37.4 Å². The molecule has 18 heavy (non-hydrogen) atoms. The van der Waals surface area contributed by atoms with E-state index in [1.807, 2.05) is 0 Å². The third-order valence-electron chi connectivity index (χ3n) is 2.72. The molecule has 2 amide bonds. The number of nitrogens with zero attached hydrogens (tertiary/aromatic N) is 1. The van der Waals surface area contributed by atoms with E-state index in [2.05, 4.69) is 15.6 Å². The fraction of sp³-hybridized carbons (Fsp3) is 0.500. The molecule has 0 bridgehead atoms. The molecule has 1 atom stereocenters. The number of rotatable bonds is 3. The van der Waals surface area contributed by atoms with Gasteiger partial charge in [0.1, 0.15) is 0 Å². The summed E-state index contributed by atoms with van der Waals surface area (Å²) in [5.41, 5.74) is 0. The number of methoxy groups -OCH3 is 1. The van der Waals surface area contributed by atoms with Gasteiger partial charge in [0.05, 0.1) is 19.8 Å². The van der Waals surface area contributed by atoms with E-state index in [4.69, 9.17) is 9.47 Å². The minimum absolute atomic E-state index is 0.0634. The Balaban J connectivity index is 1.90. The summed E-state index contributed by atoms with van der Waals surface area (Å²) in [6.45, 7) is 1.33. The van der Waals surface area contributed by atoms with Crippen molar-refractivity contribution < 1.29 is 14.3 Å². The first kappa shape index (κ1) is 12.6. The van der Waals surface area contributed by atoms with Crippen LogP contribution in [0.5, 0.6) is 5.75 Å². The lowest BCUT2D eigenvalue weighted by Crippen LogP contribution is -2.42. The summed E-state index contributed by atoms with van der Waals surface area (Å²) in [6, 6.07) is 3.26. The van der Waals surface area contributed by atoms with Gasteiger partial charge < -0.3 is 14.8 Å². The van der Waals surface area contributed by atoms with Crippen LogP contribution in [0.3, 0.4) is 0 Å². The second-order valence-corrected chi connectivity index (χ2v) is 4.07. The van der Waals surface area contributed by atoms with Crippen LogP contribution in [-0.2, 0) is 4.74 Å². The molecule has 1 aliphatic rings. The van der Waals surface area contributed by atoms with Crippen LogP contribution in [0.4, 0.5) is 10.6 Å². The van der Waals surface area contributed by atoms with E-state index >= 15 is 0 Å². The minimum Gasteiger partial charge on any atom is -0.493 e. The van der Waals surface area contributed by atoms with Gasteiger partial charge in [0.25, 0.3) is 0 Å². The highest BCUT2D eigenvalue weighted by molar-refractivity contribution is 5.89. The summed E-state index contributed by atoms with van der Waals surface area (Å²) >= 11 is 0. The predicted octanol–water partition coefficient (Wildman–Crippen LogP) is 1.39. The van der Waals surface area contributed by atoms with Crippen LogP contribution in [0.15, 0.2) is 18.3 Å². The summed E-state index contributed by atoms with van der Waals surface area (Å²) in [5.74, 6) is 0.946. The van der Waals surface area contributed by atoms with Crippen LogP contribution in [0.1, 0.15) is 12.8 Å². The minimum atomic E-state index is -0.289. The summed E-state index contributed by atoms with van der Waals surface area (Å²) in [6.07, 6.45) is 3.51. The Morgan fingerprint density at radius 2 is 2.50 bits per heavy atom. The van der Waals surface area contributed by atoms with Crippen molar-refractivity contribution in [3.05, 3.63) is 18.3 Å². The van der Waals surface area contributed by atoms with E-state index in [9.17, 15) is 4.79 Å². The van der Waals surface area contributed by atoms with Crippen LogP contribution in [0.2, 0.25) is 0 Å². The van der Waals surface area contributed by atoms with Gasteiger partial charge in [0.2, 0.25) is 0 Å². The molecule has 0 radical (unpaired) electrons. The van der Waals surface area contributed by atoms with Crippen molar-refractivity contribution in [1.29, 1.82) is 0 Å². The first-order valence-corrected chi connectivity index (χ1v) is 5.94. The number of aromatic nitrogens is 1. The van der Waals surface area contributed by atoms with E-state index in [1.54, 1.807) is 18.3 Å². The Morgan fingerprint density at radius 3 is 3.22 bits per heavy atom. The molecule has 2 N–H and O–H groups in total. The second kappa shape index (κ2) is 6.20. The molecular weight excluding hydrogens is 234 g/mol. The normalized spacial score (nSPS) is 19.1. The van der Waals surface area contributed by atoms with E-state index in [0.717, 1.165) is 19.4 Å². The third-order valence-corrected chi connectivity index (χ3v) is 2.72. The van der Waals surface area contributed by atoms with E-state index in [1.165, 1.54) is 7.11 Å². The number of urea groups is 1. The van der Waals surface area contributed by atoms with E-state index in [-0.39, 0.29) is 12.1 Å². The molecule has 1 fully saturated rings. The number of pyridine rings is 1. The molecule has 98 valence electrons. The summed E-state index contributed by atoms with van der Waals surface area (Å²) in [5, 5.41) is 5.52. The van der Waals surface area contributed by atoms with Gasteiger partial charge >= 0.3 is 6.03 Å². The molecule has 0 aromatic carbocycles. The highest BCUT2D eigenvalue weighted by Gasteiger charge is 2.17. The highest BCUT2D eigenvalue weighted by Crippen LogP contribution is 2.19. The number of anilines is 1. The van der Waals surface area contributed by atoms with E-state index in [0.29, 0.717) is 18.2 Å². The smallest absolute Gasteiger partial charge is 0.320 e. The van der Waals surface area contributed by atoms with Crippen LogP contribution in [0, 0.1) is 0 Å². The molecular formula is C12H17N3O3. The molecule has 1 aliphatic heterocycles. The quantitative estimate of drug-likeness (QED) is 0.851. The second-order valence-electron chi connectivity index (χ2n) is 4.07. The van der Waals surface area contributed by atoms with E-state index < -0.39 is 0 Å². The molecule has 0 aliphatic carbocycles. The maximum Gasteiger partial charge on any atom is 0.320 e. The van der Waals surface area contributed by atoms with Crippen molar-refractivity contribution in [3.8, 4) is 5.75 Å². The monoisotopic (exact) mass is 251 g/mol. The van der Waals surface area contributed by atoms with Crippen molar-refractivity contribution in [2.45, 2.75) is 18.9 Å². The molecule has 1 aromatic heterocycles. The zero-order valence-corrected chi connectivity index (χ0v) is 10.3. The number of ether oxygens (including phenoxy) is 2. The lowest BCUT2D eigenvalue weighted by atomic mass is 10.1. The lowest BCUT2D eigenvalue weighted by Gasteiger charge is -2.23.